The second-order valence-electron chi connectivity index (χ2n) is 3.55. The monoisotopic (exact) mass is 224 g/mol. The van der Waals surface area contributed by atoms with Crippen LogP contribution in [0.5, 0.6) is 5.88 Å². The lowest BCUT2D eigenvalue weighted by Crippen LogP contribution is -2.16. The number of hydrogen-bond acceptors (Lipinski definition) is 4. The highest BCUT2D eigenvalue weighted by Gasteiger charge is 1.96. The summed E-state index contributed by atoms with van der Waals surface area (Å²) in [5.41, 5.74) is 1.01. The molecule has 0 radical (unpaired) electrons. The number of rotatable bonds is 8. The summed E-state index contributed by atoms with van der Waals surface area (Å²) in [5.74, 6) is 0.665. The first kappa shape index (κ1) is 12.9. The van der Waals surface area contributed by atoms with E-state index in [1.165, 1.54) is 0 Å². The van der Waals surface area contributed by atoms with Gasteiger partial charge in [0.2, 0.25) is 5.88 Å². The molecule has 1 aromatic rings. The number of methoxy groups -OCH3 is 2. The first-order valence-corrected chi connectivity index (χ1v) is 5.56. The lowest BCUT2D eigenvalue weighted by atomic mass is 10.3. The van der Waals surface area contributed by atoms with E-state index in [4.69, 9.17) is 9.47 Å². The van der Waals surface area contributed by atoms with Crippen LogP contribution in [-0.2, 0) is 11.3 Å². The summed E-state index contributed by atoms with van der Waals surface area (Å²) < 4.78 is 10.0. The summed E-state index contributed by atoms with van der Waals surface area (Å²) in [6.45, 7) is 2.60. The Morgan fingerprint density at radius 3 is 2.88 bits per heavy atom. The van der Waals surface area contributed by atoms with Crippen LogP contribution in [0.25, 0.3) is 0 Å². The van der Waals surface area contributed by atoms with Gasteiger partial charge in [-0.3, -0.25) is 0 Å². The van der Waals surface area contributed by atoms with Crippen LogP contribution in [-0.4, -0.2) is 32.4 Å². The predicted octanol–water partition coefficient (Wildman–Crippen LogP) is 1.61. The standard InChI is InChI=1S/C12H20N2O2/c1-15-9-4-3-8-13-10-11-6-5-7-12(14-11)16-2/h5-7,13H,3-4,8-10H2,1-2H3. The minimum Gasteiger partial charge on any atom is -0.481 e. The number of nitrogens with zero attached hydrogens (tertiary/aromatic N) is 1. The van der Waals surface area contributed by atoms with Crippen molar-refractivity contribution in [1.82, 2.24) is 10.3 Å². The number of unbranched alkanes of at least 4 members (excludes halogenated alkanes) is 1. The fourth-order valence-corrected chi connectivity index (χ4v) is 1.38. The average Bonchev–Trinajstić information content (AvgIpc) is 2.34. The second-order valence-corrected chi connectivity index (χ2v) is 3.55. The van der Waals surface area contributed by atoms with E-state index in [-0.39, 0.29) is 0 Å². The molecule has 1 aromatic heterocycles. The van der Waals surface area contributed by atoms with Gasteiger partial charge in [-0.2, -0.15) is 0 Å². The molecule has 16 heavy (non-hydrogen) atoms. The van der Waals surface area contributed by atoms with Crippen molar-refractivity contribution in [2.45, 2.75) is 19.4 Å². The topological polar surface area (TPSA) is 43.4 Å². The van der Waals surface area contributed by atoms with E-state index >= 15 is 0 Å². The van der Waals surface area contributed by atoms with Gasteiger partial charge < -0.3 is 14.8 Å². The van der Waals surface area contributed by atoms with Gasteiger partial charge in [0.1, 0.15) is 0 Å². The molecule has 1 N–H and O–H groups in total. The molecule has 0 bridgehead atoms. The zero-order valence-corrected chi connectivity index (χ0v) is 10.0. The maximum Gasteiger partial charge on any atom is 0.213 e. The maximum atomic E-state index is 5.06. The van der Waals surface area contributed by atoms with Crippen LogP contribution in [0.1, 0.15) is 18.5 Å². The number of ether oxygens (including phenoxy) is 2. The smallest absolute Gasteiger partial charge is 0.213 e. The van der Waals surface area contributed by atoms with Crippen molar-refractivity contribution in [3.05, 3.63) is 23.9 Å². The summed E-state index contributed by atoms with van der Waals surface area (Å²) in [7, 11) is 3.36. The van der Waals surface area contributed by atoms with Crippen LogP contribution in [0.2, 0.25) is 0 Å². The van der Waals surface area contributed by atoms with Crippen molar-refractivity contribution in [3.8, 4) is 5.88 Å². The molecule has 4 heteroatoms. The lowest BCUT2D eigenvalue weighted by Gasteiger charge is -2.05. The summed E-state index contributed by atoms with van der Waals surface area (Å²) in [5, 5.41) is 3.34. The Bertz CT molecular complexity index is 292. The van der Waals surface area contributed by atoms with Crippen molar-refractivity contribution in [2.75, 3.05) is 27.4 Å². The Balaban J connectivity index is 2.16. The van der Waals surface area contributed by atoms with Crippen LogP contribution in [0.3, 0.4) is 0 Å². The van der Waals surface area contributed by atoms with E-state index in [1.807, 2.05) is 18.2 Å². The molecule has 0 aromatic carbocycles. The summed E-state index contributed by atoms with van der Waals surface area (Å²) >= 11 is 0. The SMILES string of the molecule is COCCCCNCc1cccc(OC)n1. The fraction of sp³-hybridized carbons (Fsp3) is 0.583. The quantitative estimate of drug-likeness (QED) is 0.681. The van der Waals surface area contributed by atoms with Crippen LogP contribution < -0.4 is 10.1 Å². The van der Waals surface area contributed by atoms with Gasteiger partial charge in [-0.15, -0.1) is 0 Å². The van der Waals surface area contributed by atoms with Crippen molar-refractivity contribution < 1.29 is 9.47 Å². The first-order chi connectivity index (χ1) is 7.86. The van der Waals surface area contributed by atoms with Gasteiger partial charge in [0.15, 0.2) is 0 Å². The Kier molecular flexibility index (Phi) is 6.53. The highest BCUT2D eigenvalue weighted by Crippen LogP contribution is 2.06. The van der Waals surface area contributed by atoms with Crippen molar-refractivity contribution in [1.29, 1.82) is 0 Å². The number of hydrogen-bond donors (Lipinski definition) is 1. The Morgan fingerprint density at radius 2 is 2.12 bits per heavy atom. The molecule has 1 rings (SSSR count). The Hall–Kier alpha value is -1.13. The predicted molar refractivity (Wildman–Crippen MR) is 63.6 cm³/mol. The molecule has 0 atom stereocenters. The third kappa shape index (κ3) is 5.09. The maximum absolute atomic E-state index is 5.06. The van der Waals surface area contributed by atoms with Gasteiger partial charge in [0.25, 0.3) is 0 Å². The molecule has 0 amide bonds. The zero-order chi connectivity index (χ0) is 11.6. The van der Waals surface area contributed by atoms with Crippen LogP contribution in [0, 0.1) is 0 Å². The molecule has 1 heterocycles. The number of aromatic nitrogens is 1. The van der Waals surface area contributed by atoms with Gasteiger partial charge in [-0.1, -0.05) is 6.07 Å². The normalized spacial score (nSPS) is 10.4. The molecule has 4 nitrogen and oxygen atoms in total. The molecule has 0 aliphatic rings. The Labute approximate surface area is 97.0 Å². The highest BCUT2D eigenvalue weighted by atomic mass is 16.5. The van der Waals surface area contributed by atoms with Crippen molar-refractivity contribution >= 4 is 0 Å². The minimum atomic E-state index is 0.665. The van der Waals surface area contributed by atoms with Crippen molar-refractivity contribution in [2.24, 2.45) is 0 Å². The van der Waals surface area contributed by atoms with Crippen LogP contribution >= 0.6 is 0 Å². The largest absolute Gasteiger partial charge is 0.481 e. The van der Waals surface area contributed by atoms with E-state index in [1.54, 1.807) is 14.2 Å². The third-order valence-electron chi connectivity index (χ3n) is 2.25. The second kappa shape index (κ2) is 8.07. The molecule has 0 aliphatic heterocycles. The molecule has 0 unspecified atom stereocenters. The molecule has 0 fully saturated rings. The van der Waals surface area contributed by atoms with E-state index < -0.39 is 0 Å². The van der Waals surface area contributed by atoms with Gasteiger partial charge in [-0.05, 0) is 25.5 Å². The minimum absolute atomic E-state index is 0.665. The molecular formula is C12H20N2O2. The van der Waals surface area contributed by atoms with Crippen molar-refractivity contribution in [3.63, 3.8) is 0 Å². The molecule has 0 saturated carbocycles. The zero-order valence-electron chi connectivity index (χ0n) is 10.0. The third-order valence-corrected chi connectivity index (χ3v) is 2.25. The van der Waals surface area contributed by atoms with E-state index in [0.717, 1.165) is 38.2 Å². The van der Waals surface area contributed by atoms with E-state index in [9.17, 15) is 0 Å². The molecule has 0 spiro atoms. The summed E-state index contributed by atoms with van der Waals surface area (Å²) in [6.07, 6.45) is 2.22. The first-order valence-electron chi connectivity index (χ1n) is 5.56. The highest BCUT2D eigenvalue weighted by molar-refractivity contribution is 5.15. The average molecular weight is 224 g/mol. The number of pyridine rings is 1. The van der Waals surface area contributed by atoms with Crippen LogP contribution in [0.15, 0.2) is 18.2 Å². The van der Waals surface area contributed by atoms with E-state index in [2.05, 4.69) is 10.3 Å². The molecule has 90 valence electrons. The molecule has 0 aliphatic carbocycles. The number of nitrogens with one attached hydrogen (secondary N) is 1. The molecule has 0 saturated heterocycles. The Morgan fingerprint density at radius 1 is 1.25 bits per heavy atom. The van der Waals surface area contributed by atoms with Gasteiger partial charge in [-0.25, -0.2) is 4.98 Å². The van der Waals surface area contributed by atoms with Gasteiger partial charge in [0.05, 0.1) is 12.8 Å². The summed E-state index contributed by atoms with van der Waals surface area (Å²) in [4.78, 5) is 4.32. The van der Waals surface area contributed by atoms with E-state index in [0.29, 0.717) is 5.88 Å². The lowest BCUT2D eigenvalue weighted by molar-refractivity contribution is 0.192. The van der Waals surface area contributed by atoms with Crippen LogP contribution in [0.4, 0.5) is 0 Å². The molecular weight excluding hydrogens is 204 g/mol. The van der Waals surface area contributed by atoms with Gasteiger partial charge in [0, 0.05) is 26.3 Å². The summed E-state index contributed by atoms with van der Waals surface area (Å²) in [6, 6.07) is 5.79. The fourth-order valence-electron chi connectivity index (χ4n) is 1.38. The van der Waals surface area contributed by atoms with Gasteiger partial charge >= 0.3 is 0 Å².